The molecule has 3 aromatic carbocycles. The summed E-state index contributed by atoms with van der Waals surface area (Å²) in [6.45, 7) is 9.40. The number of piperidine rings is 2. The van der Waals surface area contributed by atoms with Gasteiger partial charge < -0.3 is 34.5 Å². The first-order valence-corrected chi connectivity index (χ1v) is 28.0. The van der Waals surface area contributed by atoms with Gasteiger partial charge in [0.2, 0.25) is 23.7 Å². The third-order valence-electron chi connectivity index (χ3n) is 15.2. The zero-order valence-electron chi connectivity index (χ0n) is 40.3. The summed E-state index contributed by atoms with van der Waals surface area (Å²) in [6.07, 6.45) is 11.1. The molecule has 3 amide bonds. The van der Waals surface area contributed by atoms with Crippen LogP contribution in [0.5, 0.6) is 11.5 Å². The molecule has 4 saturated heterocycles. The summed E-state index contributed by atoms with van der Waals surface area (Å²) in [5.74, 6) is 1.86. The number of piperazine rings is 1. The zero-order chi connectivity index (χ0) is 48.5. The number of rotatable bonds is 14. The van der Waals surface area contributed by atoms with Crippen molar-refractivity contribution in [3.8, 4) is 11.5 Å². The molecule has 0 spiro atoms. The zero-order valence-corrected chi connectivity index (χ0v) is 42.8. The Labute approximate surface area is 418 Å². The van der Waals surface area contributed by atoms with Crippen LogP contribution in [0.15, 0.2) is 71.3 Å². The standard InChI is InChI=1S/C53H63BrN9O6P/c1-4-33-30-45(58-53-55-32-42(54)50(60-53)57-44-16-15-43-41(13-10-36(5-2)56-43)49(44)70(67)26-6-7-27-70)47(68-3)31-46(33)62-20-18-37(19-21-62)61-22-24-63(25-23-61)52(66)35-28-39(29-35)69-38-11-8-34(9-12-38)40-14-17-48(64)59-51(40)65/h8-13,15-16,30-32,35,37,39-40H,4-7,14,17-29H2,1-3H3,(H,59,64,65)(H2,55,57,58,60). The van der Waals surface area contributed by atoms with Crippen molar-refractivity contribution in [1.29, 1.82) is 0 Å². The first-order valence-electron chi connectivity index (χ1n) is 25.2. The predicted molar refractivity (Wildman–Crippen MR) is 278 cm³/mol. The van der Waals surface area contributed by atoms with E-state index in [1.807, 2.05) is 42.5 Å². The van der Waals surface area contributed by atoms with Crippen LogP contribution in [0.4, 0.5) is 28.8 Å². The van der Waals surface area contributed by atoms with Gasteiger partial charge in [0.1, 0.15) is 30.6 Å². The smallest absolute Gasteiger partial charge is 0.234 e. The monoisotopic (exact) mass is 1030 g/mol. The molecule has 368 valence electrons. The summed E-state index contributed by atoms with van der Waals surface area (Å²) in [5.41, 5.74) is 6.70. The predicted octanol–water partition coefficient (Wildman–Crippen LogP) is 8.68. The molecule has 1 atom stereocenters. The topological polar surface area (TPSA) is 171 Å². The maximum absolute atomic E-state index is 14.5. The van der Waals surface area contributed by atoms with Crippen LogP contribution in [0.1, 0.15) is 88.0 Å². The number of ether oxygens (including phenoxy) is 2. The summed E-state index contributed by atoms with van der Waals surface area (Å²) in [5, 5.41) is 11.2. The number of anilines is 5. The summed E-state index contributed by atoms with van der Waals surface area (Å²) in [6, 6.07) is 20.4. The van der Waals surface area contributed by atoms with E-state index >= 15 is 0 Å². The van der Waals surface area contributed by atoms with Crippen molar-refractivity contribution in [2.75, 3.05) is 74.2 Å². The van der Waals surface area contributed by atoms with Crippen LogP contribution in [0, 0.1) is 5.92 Å². The molecule has 6 heterocycles. The van der Waals surface area contributed by atoms with Crippen LogP contribution in [0.3, 0.4) is 0 Å². The molecule has 5 aliphatic rings. The van der Waals surface area contributed by atoms with Gasteiger partial charge in [-0.2, -0.15) is 4.98 Å². The van der Waals surface area contributed by atoms with Gasteiger partial charge in [-0.1, -0.05) is 32.0 Å². The minimum atomic E-state index is -2.65. The van der Waals surface area contributed by atoms with Crippen molar-refractivity contribution in [2.45, 2.75) is 96.1 Å². The highest BCUT2D eigenvalue weighted by Crippen LogP contribution is 2.54. The SMILES string of the molecule is CCc1ccc2c(P3(=O)CCCC3)c(Nc3nc(Nc4cc(CC)c(N5CCC(N6CCN(C(=O)C7CC(Oc8ccc(C9CCC(=O)NC9=O)cc8)C7)CC6)CC5)cc4OC)ncc3Br)ccc2n1. The van der Waals surface area contributed by atoms with E-state index in [0.717, 1.165) is 122 Å². The summed E-state index contributed by atoms with van der Waals surface area (Å²) < 4.78 is 27.4. The Bertz CT molecular complexity index is 2820. The lowest BCUT2D eigenvalue weighted by molar-refractivity contribution is -0.143. The summed E-state index contributed by atoms with van der Waals surface area (Å²) in [7, 11) is -0.954. The molecule has 2 aromatic heterocycles. The van der Waals surface area contributed by atoms with E-state index in [-0.39, 0.29) is 35.7 Å². The highest BCUT2D eigenvalue weighted by atomic mass is 79.9. The number of aryl methyl sites for hydroxylation is 2. The van der Waals surface area contributed by atoms with Gasteiger partial charge in [-0.05, 0) is 121 Å². The molecule has 5 fully saturated rings. The van der Waals surface area contributed by atoms with Gasteiger partial charge in [-0.15, -0.1) is 0 Å². The number of benzene rings is 3. The molecule has 0 radical (unpaired) electrons. The number of nitrogens with zero attached hydrogens (tertiary/aromatic N) is 6. The van der Waals surface area contributed by atoms with E-state index in [4.69, 9.17) is 19.4 Å². The number of methoxy groups -OCH3 is 1. The van der Waals surface area contributed by atoms with Crippen molar-refractivity contribution in [2.24, 2.45) is 5.92 Å². The normalized spacial score (nSPS) is 21.9. The number of pyridine rings is 1. The first-order chi connectivity index (χ1) is 34.0. The number of fused-ring (bicyclic) bond motifs is 1. The molecule has 10 rings (SSSR count). The number of hydrogen-bond acceptors (Lipinski definition) is 13. The van der Waals surface area contributed by atoms with Crippen molar-refractivity contribution in [3.05, 3.63) is 88.2 Å². The Hall–Kier alpha value is -5.57. The fourth-order valence-electron chi connectivity index (χ4n) is 11.1. The van der Waals surface area contributed by atoms with Crippen LogP contribution in [-0.2, 0) is 31.8 Å². The molecule has 70 heavy (non-hydrogen) atoms. The highest BCUT2D eigenvalue weighted by Gasteiger charge is 2.40. The highest BCUT2D eigenvalue weighted by molar-refractivity contribution is 9.10. The van der Waals surface area contributed by atoms with Crippen molar-refractivity contribution in [1.82, 2.24) is 30.1 Å². The number of aromatic nitrogens is 3. The number of carbonyl (C=O) groups is 3. The van der Waals surface area contributed by atoms with Crippen LogP contribution in [0.2, 0.25) is 0 Å². The molecule has 0 bridgehead atoms. The van der Waals surface area contributed by atoms with E-state index < -0.39 is 7.14 Å². The Morgan fingerprint density at radius 1 is 0.871 bits per heavy atom. The van der Waals surface area contributed by atoms with Gasteiger partial charge in [0.25, 0.3) is 0 Å². The van der Waals surface area contributed by atoms with Crippen molar-refractivity contribution < 1.29 is 28.4 Å². The van der Waals surface area contributed by atoms with Gasteiger partial charge in [0, 0.05) is 104 Å². The van der Waals surface area contributed by atoms with Crippen molar-refractivity contribution in [3.63, 3.8) is 0 Å². The second-order valence-electron chi connectivity index (χ2n) is 19.5. The molecule has 3 N–H and O–H groups in total. The maximum atomic E-state index is 14.5. The molecule has 17 heteroatoms. The number of nitrogens with one attached hydrogen (secondary N) is 3. The van der Waals surface area contributed by atoms with Crippen LogP contribution in [-0.4, -0.2) is 113 Å². The number of imide groups is 1. The molecule has 4 aliphatic heterocycles. The Kier molecular flexibility index (Phi) is 14.2. The van der Waals surface area contributed by atoms with E-state index in [1.165, 1.54) is 11.3 Å². The lowest BCUT2D eigenvalue weighted by Gasteiger charge is -2.45. The Balaban J connectivity index is 0.726. The Morgan fingerprint density at radius 3 is 2.33 bits per heavy atom. The summed E-state index contributed by atoms with van der Waals surface area (Å²) >= 11 is 3.68. The largest absolute Gasteiger partial charge is 0.494 e. The minimum Gasteiger partial charge on any atom is -0.494 e. The molecular weight excluding hydrogens is 970 g/mol. The van der Waals surface area contributed by atoms with Crippen LogP contribution < -0.4 is 35.6 Å². The molecule has 5 aromatic rings. The molecule has 1 saturated carbocycles. The average Bonchev–Trinajstić information content (AvgIpc) is 3.82. The van der Waals surface area contributed by atoms with Gasteiger partial charge in [0.05, 0.1) is 34.4 Å². The second kappa shape index (κ2) is 20.6. The lowest BCUT2D eigenvalue weighted by atomic mass is 9.81. The number of carbonyl (C=O) groups excluding carboxylic acids is 3. The average molecular weight is 1030 g/mol. The fourth-order valence-corrected chi connectivity index (χ4v) is 14.8. The van der Waals surface area contributed by atoms with Gasteiger partial charge in [-0.25, -0.2) is 4.98 Å². The van der Waals surface area contributed by atoms with E-state index in [9.17, 15) is 18.9 Å². The quantitative estimate of drug-likeness (QED) is 0.0714. The third-order valence-corrected chi connectivity index (χ3v) is 19.2. The van der Waals surface area contributed by atoms with Gasteiger partial charge >= 0.3 is 0 Å². The number of hydrogen-bond donors (Lipinski definition) is 3. The second-order valence-corrected chi connectivity index (χ2v) is 23.4. The van der Waals surface area contributed by atoms with Gasteiger partial charge in [-0.3, -0.25) is 29.6 Å². The third kappa shape index (κ3) is 10.0. The Morgan fingerprint density at radius 2 is 1.63 bits per heavy atom. The van der Waals surface area contributed by atoms with E-state index in [2.05, 4.69) is 83.6 Å². The molecular formula is C53H63BrN9O6P. The van der Waals surface area contributed by atoms with Crippen LogP contribution in [0.25, 0.3) is 10.9 Å². The van der Waals surface area contributed by atoms with Crippen LogP contribution >= 0.6 is 23.1 Å². The van der Waals surface area contributed by atoms with E-state index in [1.54, 1.807) is 13.3 Å². The molecule has 1 aliphatic carbocycles. The number of amides is 3. The van der Waals surface area contributed by atoms with Gasteiger partial charge in [0.15, 0.2) is 0 Å². The maximum Gasteiger partial charge on any atom is 0.234 e. The summed E-state index contributed by atoms with van der Waals surface area (Å²) in [4.78, 5) is 58.9. The minimum absolute atomic E-state index is 0.000460. The lowest BCUT2D eigenvalue weighted by Crippen LogP contribution is -2.56. The molecule has 15 nitrogen and oxygen atoms in total. The number of halogens is 1. The fraction of sp³-hybridized carbons (Fsp3) is 0.472. The van der Waals surface area contributed by atoms with Crippen molar-refractivity contribution >= 4 is 85.8 Å². The molecule has 1 unspecified atom stereocenters. The van der Waals surface area contributed by atoms with E-state index in [0.29, 0.717) is 66.0 Å². The first kappa shape index (κ1) is 48.1.